The average molecular weight is 365 g/mol. The molecule has 2 rings (SSSR count). The molecule has 1 aromatic rings. The maximum Gasteiger partial charge on any atom is 0.416 e. The first-order valence-electron chi connectivity index (χ1n) is 7.93. The Hall–Kier alpha value is -1.27. The molecule has 0 heterocycles. The largest absolute Gasteiger partial charge is 0.416 e. The highest BCUT2D eigenvalue weighted by Gasteiger charge is 2.38. The van der Waals surface area contributed by atoms with Gasteiger partial charge in [-0.2, -0.15) is 13.2 Å². The van der Waals surface area contributed by atoms with E-state index in [0.29, 0.717) is 12.1 Å². The van der Waals surface area contributed by atoms with Crippen molar-refractivity contribution in [2.75, 3.05) is 6.54 Å². The lowest BCUT2D eigenvalue weighted by molar-refractivity contribution is -0.137. The third kappa shape index (κ3) is 5.11. The van der Waals surface area contributed by atoms with Crippen molar-refractivity contribution in [2.45, 2.75) is 56.7 Å². The monoisotopic (exact) mass is 364 g/mol. The third-order valence-corrected chi connectivity index (χ3v) is 4.49. The van der Waals surface area contributed by atoms with Crippen molar-refractivity contribution < 1.29 is 18.0 Å². The summed E-state index contributed by atoms with van der Waals surface area (Å²) in [7, 11) is 0. The lowest BCUT2D eigenvalue weighted by Gasteiger charge is -2.30. The summed E-state index contributed by atoms with van der Waals surface area (Å²) < 4.78 is 38.9. The normalized spacial score (nSPS) is 17.9. The number of benzene rings is 1. The van der Waals surface area contributed by atoms with Gasteiger partial charge in [-0.05, 0) is 31.4 Å². The molecule has 0 aromatic heterocycles. The molecule has 0 saturated heterocycles. The number of carbonyl (C=O) groups excluding carboxylic acids is 1. The summed E-state index contributed by atoms with van der Waals surface area (Å²) in [5, 5.41) is 2.85. The van der Waals surface area contributed by atoms with Gasteiger partial charge in [-0.15, -0.1) is 12.4 Å². The number of amides is 1. The molecule has 1 fully saturated rings. The smallest absolute Gasteiger partial charge is 0.355 e. The van der Waals surface area contributed by atoms with E-state index in [-0.39, 0.29) is 30.8 Å². The molecule has 1 atom stereocenters. The van der Waals surface area contributed by atoms with Gasteiger partial charge in [-0.3, -0.25) is 4.79 Å². The van der Waals surface area contributed by atoms with Crippen molar-refractivity contribution in [2.24, 2.45) is 5.73 Å². The van der Waals surface area contributed by atoms with Gasteiger partial charge in [0.2, 0.25) is 5.91 Å². The Balaban J connectivity index is 0.00000288. The van der Waals surface area contributed by atoms with Crippen LogP contribution in [0.2, 0.25) is 0 Å². The van der Waals surface area contributed by atoms with Gasteiger partial charge in [-0.25, -0.2) is 0 Å². The molecule has 0 bridgehead atoms. The average Bonchev–Trinajstić information content (AvgIpc) is 2.94. The number of rotatable bonds is 5. The van der Waals surface area contributed by atoms with Crippen molar-refractivity contribution in [3.63, 3.8) is 0 Å². The molecule has 1 aliphatic rings. The number of halogens is 4. The number of hydrogen-bond acceptors (Lipinski definition) is 2. The molecule has 0 aliphatic heterocycles. The van der Waals surface area contributed by atoms with E-state index in [1.807, 2.05) is 0 Å². The second-order valence-electron chi connectivity index (χ2n) is 6.52. The number of alkyl halides is 3. The fraction of sp³-hybridized carbons (Fsp3) is 0.588. The van der Waals surface area contributed by atoms with Gasteiger partial charge in [0.05, 0.1) is 5.56 Å². The van der Waals surface area contributed by atoms with E-state index >= 15 is 0 Å². The van der Waals surface area contributed by atoms with Gasteiger partial charge in [0.1, 0.15) is 0 Å². The molecular formula is C17H24ClF3N2O. The van der Waals surface area contributed by atoms with Crippen LogP contribution in [0.15, 0.2) is 24.3 Å². The third-order valence-electron chi connectivity index (χ3n) is 4.49. The van der Waals surface area contributed by atoms with Crippen molar-refractivity contribution in [1.82, 2.24) is 5.32 Å². The van der Waals surface area contributed by atoms with Crippen LogP contribution in [0, 0.1) is 0 Å². The summed E-state index contributed by atoms with van der Waals surface area (Å²) >= 11 is 0. The highest BCUT2D eigenvalue weighted by atomic mass is 35.5. The van der Waals surface area contributed by atoms with Crippen molar-refractivity contribution >= 4 is 18.3 Å². The van der Waals surface area contributed by atoms with Crippen LogP contribution in [0.5, 0.6) is 0 Å². The zero-order valence-corrected chi connectivity index (χ0v) is 14.5. The first kappa shape index (κ1) is 20.8. The van der Waals surface area contributed by atoms with Crippen LogP contribution in [0.25, 0.3) is 0 Å². The zero-order valence-electron chi connectivity index (χ0n) is 13.7. The first-order chi connectivity index (χ1) is 10.7. The molecule has 1 saturated carbocycles. The fourth-order valence-corrected chi connectivity index (χ4v) is 3.28. The highest BCUT2D eigenvalue weighted by molar-refractivity contribution is 5.85. The summed E-state index contributed by atoms with van der Waals surface area (Å²) in [4.78, 5) is 11.8. The van der Waals surface area contributed by atoms with E-state index in [1.54, 1.807) is 13.0 Å². The van der Waals surface area contributed by atoms with Gasteiger partial charge >= 0.3 is 6.18 Å². The molecule has 7 heteroatoms. The Kier molecular flexibility index (Phi) is 7.10. The molecule has 24 heavy (non-hydrogen) atoms. The number of nitrogens with one attached hydrogen (secondary N) is 1. The fourth-order valence-electron chi connectivity index (χ4n) is 3.28. The van der Waals surface area contributed by atoms with Crippen LogP contribution in [0.1, 0.15) is 50.2 Å². The van der Waals surface area contributed by atoms with Crippen LogP contribution < -0.4 is 11.1 Å². The molecule has 0 spiro atoms. The number of carbonyl (C=O) groups is 1. The van der Waals surface area contributed by atoms with E-state index in [0.717, 1.165) is 31.7 Å². The first-order valence-corrected chi connectivity index (χ1v) is 7.93. The van der Waals surface area contributed by atoms with E-state index in [9.17, 15) is 18.0 Å². The van der Waals surface area contributed by atoms with Crippen molar-refractivity contribution in [3.8, 4) is 0 Å². The second-order valence-corrected chi connectivity index (χ2v) is 6.52. The van der Waals surface area contributed by atoms with Crippen LogP contribution in [0.3, 0.4) is 0 Å². The Labute approximate surface area is 146 Å². The predicted octanol–water partition coefficient (Wildman–Crippen LogP) is 3.79. The molecule has 1 amide bonds. The van der Waals surface area contributed by atoms with Crippen molar-refractivity contribution in [3.05, 3.63) is 35.4 Å². The minimum Gasteiger partial charge on any atom is -0.355 e. The lowest BCUT2D eigenvalue weighted by atomic mass is 9.78. The Bertz CT molecular complexity index is 555. The number of nitrogens with two attached hydrogens (primary N) is 1. The summed E-state index contributed by atoms with van der Waals surface area (Å²) in [5.41, 5.74) is 5.22. The van der Waals surface area contributed by atoms with Gasteiger partial charge in [0.25, 0.3) is 0 Å². The predicted molar refractivity (Wildman–Crippen MR) is 90.1 cm³/mol. The minimum atomic E-state index is -4.35. The van der Waals surface area contributed by atoms with Gasteiger partial charge in [0, 0.05) is 24.4 Å². The molecule has 0 radical (unpaired) electrons. The standard InChI is InChI=1S/C17H23F3N2O.ClH/c1-12(21)9-15(23)22-11-16(7-2-3-8-16)13-5-4-6-14(10-13)17(18,19)20;/h4-6,10,12H,2-3,7-9,11,21H2,1H3,(H,22,23);1H. The van der Waals surface area contributed by atoms with E-state index in [1.165, 1.54) is 12.1 Å². The summed E-state index contributed by atoms with van der Waals surface area (Å²) in [6.45, 7) is 2.11. The van der Waals surface area contributed by atoms with Crippen LogP contribution in [0.4, 0.5) is 13.2 Å². The Morgan fingerprint density at radius 1 is 1.33 bits per heavy atom. The lowest BCUT2D eigenvalue weighted by Crippen LogP contribution is -2.40. The summed E-state index contributed by atoms with van der Waals surface area (Å²) in [6, 6.07) is 5.26. The molecule has 1 aliphatic carbocycles. The topological polar surface area (TPSA) is 55.1 Å². The van der Waals surface area contributed by atoms with E-state index in [4.69, 9.17) is 5.73 Å². The minimum absolute atomic E-state index is 0. The van der Waals surface area contributed by atoms with Crippen LogP contribution >= 0.6 is 12.4 Å². The van der Waals surface area contributed by atoms with Crippen molar-refractivity contribution in [1.29, 1.82) is 0 Å². The maximum absolute atomic E-state index is 13.0. The molecular weight excluding hydrogens is 341 g/mol. The quantitative estimate of drug-likeness (QED) is 0.835. The zero-order chi connectivity index (χ0) is 17.1. The molecule has 1 unspecified atom stereocenters. The summed E-state index contributed by atoms with van der Waals surface area (Å²) in [5.74, 6) is -0.154. The van der Waals surface area contributed by atoms with E-state index < -0.39 is 17.2 Å². The van der Waals surface area contributed by atoms with Crippen LogP contribution in [-0.4, -0.2) is 18.5 Å². The second kappa shape index (κ2) is 8.21. The molecule has 1 aromatic carbocycles. The summed E-state index contributed by atoms with van der Waals surface area (Å²) in [6.07, 6.45) is -0.648. The molecule has 3 nitrogen and oxygen atoms in total. The SMILES string of the molecule is CC(N)CC(=O)NCC1(c2cccc(C(F)(F)F)c2)CCCC1.Cl. The Morgan fingerprint density at radius 3 is 2.50 bits per heavy atom. The maximum atomic E-state index is 13.0. The molecule has 3 N–H and O–H groups in total. The Morgan fingerprint density at radius 2 is 1.96 bits per heavy atom. The highest BCUT2D eigenvalue weighted by Crippen LogP contribution is 2.42. The molecule has 136 valence electrons. The van der Waals surface area contributed by atoms with Gasteiger partial charge in [0.15, 0.2) is 0 Å². The van der Waals surface area contributed by atoms with Gasteiger partial charge in [-0.1, -0.05) is 31.0 Å². The van der Waals surface area contributed by atoms with E-state index in [2.05, 4.69) is 5.32 Å². The van der Waals surface area contributed by atoms with Gasteiger partial charge < -0.3 is 11.1 Å². The number of hydrogen-bond donors (Lipinski definition) is 2. The van der Waals surface area contributed by atoms with Crippen LogP contribution in [-0.2, 0) is 16.4 Å².